The Morgan fingerprint density at radius 1 is 1.35 bits per heavy atom. The van der Waals surface area contributed by atoms with Crippen molar-refractivity contribution in [2.24, 2.45) is 4.99 Å². The van der Waals surface area contributed by atoms with E-state index in [1.807, 2.05) is 13.0 Å². The normalized spacial score (nSPS) is 17.2. The zero-order valence-electron chi connectivity index (χ0n) is 17.5. The average molecular weight is 477 g/mol. The number of aryl methyl sites for hydroxylation is 1. The van der Waals surface area contributed by atoms with Gasteiger partial charge in [-0.1, -0.05) is 41.9 Å². The minimum atomic E-state index is -0.398. The topological polar surface area (TPSA) is 89.3 Å². The number of amides is 1. The van der Waals surface area contributed by atoms with Crippen LogP contribution < -0.4 is 5.56 Å². The second kappa shape index (κ2) is 9.90. The molecule has 1 aromatic heterocycles. The molecule has 0 saturated carbocycles. The first kappa shape index (κ1) is 23.4. The van der Waals surface area contributed by atoms with Crippen LogP contribution >= 0.6 is 35.0 Å². The van der Waals surface area contributed by atoms with Gasteiger partial charge in [-0.2, -0.15) is 5.26 Å². The third-order valence-electron chi connectivity index (χ3n) is 5.35. The molecular weight excluding hydrogens is 455 g/mol. The largest absolute Gasteiger partial charge is 0.325 e. The van der Waals surface area contributed by atoms with Crippen LogP contribution in [-0.4, -0.2) is 32.8 Å². The second-order valence-corrected chi connectivity index (χ2v) is 9.10. The van der Waals surface area contributed by atoms with Gasteiger partial charge < -0.3 is 4.98 Å². The molecule has 0 radical (unpaired) electrons. The number of hydrogen-bond acceptors (Lipinski definition) is 5. The van der Waals surface area contributed by atoms with Crippen LogP contribution in [0, 0.1) is 25.2 Å². The molecule has 1 N–H and O–H groups in total. The number of aliphatic imine (C=N–C) groups is 1. The molecule has 0 spiro atoms. The fourth-order valence-electron chi connectivity index (χ4n) is 3.61. The number of benzene rings is 1. The highest BCUT2D eigenvalue weighted by molar-refractivity contribution is 8.14. The Balaban J connectivity index is 1.85. The van der Waals surface area contributed by atoms with Gasteiger partial charge in [-0.05, 0) is 56.0 Å². The number of amidine groups is 1. The van der Waals surface area contributed by atoms with Crippen LogP contribution in [-0.2, 0) is 11.2 Å². The van der Waals surface area contributed by atoms with Gasteiger partial charge in [0, 0.05) is 23.9 Å². The molecule has 3 rings (SSSR count). The Morgan fingerprint density at radius 3 is 2.74 bits per heavy atom. The minimum Gasteiger partial charge on any atom is -0.325 e. The van der Waals surface area contributed by atoms with Crippen molar-refractivity contribution >= 4 is 51.7 Å². The molecule has 1 aliphatic heterocycles. The van der Waals surface area contributed by atoms with Gasteiger partial charge in [0.05, 0.1) is 15.7 Å². The number of carbonyl (C=O) groups excluding carboxylic acids is 1. The van der Waals surface area contributed by atoms with Crippen molar-refractivity contribution in [1.29, 1.82) is 5.26 Å². The lowest BCUT2D eigenvalue weighted by Gasteiger charge is -2.23. The fraction of sp³-hybridized carbons (Fsp3) is 0.364. The highest BCUT2D eigenvalue weighted by atomic mass is 35.5. The van der Waals surface area contributed by atoms with E-state index >= 15 is 0 Å². The maximum absolute atomic E-state index is 13.2. The summed E-state index contributed by atoms with van der Waals surface area (Å²) in [6.45, 7) is 5.58. The number of nitriles is 1. The number of aromatic nitrogens is 1. The third kappa shape index (κ3) is 4.98. The number of H-pyrrole nitrogens is 1. The van der Waals surface area contributed by atoms with Crippen molar-refractivity contribution < 1.29 is 4.79 Å². The first-order valence-corrected chi connectivity index (χ1v) is 11.6. The summed E-state index contributed by atoms with van der Waals surface area (Å²) < 4.78 is 0. The molecule has 0 aliphatic carbocycles. The number of halogens is 2. The van der Waals surface area contributed by atoms with Crippen LogP contribution in [0.4, 0.5) is 5.69 Å². The van der Waals surface area contributed by atoms with Crippen LogP contribution in [0.15, 0.2) is 28.0 Å². The predicted molar refractivity (Wildman–Crippen MR) is 127 cm³/mol. The molecule has 1 aromatic carbocycles. The summed E-state index contributed by atoms with van der Waals surface area (Å²) in [5, 5.41) is 10.8. The molecule has 6 nitrogen and oxygen atoms in total. The highest BCUT2D eigenvalue weighted by Crippen LogP contribution is 2.32. The predicted octanol–water partition coefficient (Wildman–Crippen LogP) is 5.14. The second-order valence-electron chi connectivity index (χ2n) is 7.30. The summed E-state index contributed by atoms with van der Waals surface area (Å²) in [6, 6.07) is 7.13. The van der Waals surface area contributed by atoms with Crippen LogP contribution in [0.1, 0.15) is 42.1 Å². The third-order valence-corrected chi connectivity index (χ3v) is 7.19. The molecule has 1 saturated heterocycles. The average Bonchev–Trinajstić information content (AvgIpc) is 3.13. The molecular formula is C22H22Cl2N4O2S. The summed E-state index contributed by atoms with van der Waals surface area (Å²) in [5.74, 6) is 0.733. The first-order valence-electron chi connectivity index (χ1n) is 9.87. The lowest BCUT2D eigenvalue weighted by molar-refractivity contribution is -0.128. The quantitative estimate of drug-likeness (QED) is 0.646. The monoisotopic (exact) mass is 476 g/mol. The highest BCUT2D eigenvalue weighted by Gasteiger charge is 2.33. The Hall–Kier alpha value is -2.27. The summed E-state index contributed by atoms with van der Waals surface area (Å²) in [6.07, 6.45) is 1.49. The van der Waals surface area contributed by atoms with Gasteiger partial charge >= 0.3 is 0 Å². The maximum atomic E-state index is 13.2. The zero-order chi connectivity index (χ0) is 22.7. The van der Waals surface area contributed by atoms with Gasteiger partial charge in [-0.3, -0.25) is 14.5 Å². The van der Waals surface area contributed by atoms with Crippen molar-refractivity contribution in [3.8, 4) is 6.07 Å². The number of rotatable bonds is 5. The van der Waals surface area contributed by atoms with Crippen molar-refractivity contribution in [2.75, 3.05) is 5.75 Å². The van der Waals surface area contributed by atoms with E-state index in [0.29, 0.717) is 38.6 Å². The number of aromatic amines is 1. The van der Waals surface area contributed by atoms with Crippen LogP contribution in [0.2, 0.25) is 10.0 Å². The van der Waals surface area contributed by atoms with Crippen molar-refractivity contribution in [2.45, 2.75) is 46.1 Å². The first-order chi connectivity index (χ1) is 14.8. The van der Waals surface area contributed by atoms with E-state index in [1.54, 1.807) is 48.7 Å². The lowest BCUT2D eigenvalue weighted by atomic mass is 9.98. The van der Waals surface area contributed by atoms with E-state index in [-0.39, 0.29) is 23.9 Å². The molecule has 9 heteroatoms. The van der Waals surface area contributed by atoms with Crippen LogP contribution in [0.5, 0.6) is 0 Å². The molecule has 162 valence electrons. The van der Waals surface area contributed by atoms with Gasteiger partial charge in [0.25, 0.3) is 5.56 Å². The number of nitrogens with one attached hydrogen (secondary N) is 1. The van der Waals surface area contributed by atoms with E-state index in [1.165, 1.54) is 0 Å². The van der Waals surface area contributed by atoms with Gasteiger partial charge in [0.15, 0.2) is 5.17 Å². The minimum absolute atomic E-state index is 0.0424. The molecule has 1 atom stereocenters. The summed E-state index contributed by atoms with van der Waals surface area (Å²) >= 11 is 13.6. The Kier molecular flexibility index (Phi) is 7.47. The molecule has 2 heterocycles. The number of hydrogen-bond donors (Lipinski definition) is 1. The van der Waals surface area contributed by atoms with Crippen molar-refractivity contribution in [3.63, 3.8) is 0 Å². The fourth-order valence-corrected chi connectivity index (χ4v) is 5.18. The Morgan fingerprint density at radius 2 is 2.10 bits per heavy atom. The lowest BCUT2D eigenvalue weighted by Crippen LogP contribution is -2.39. The molecule has 31 heavy (non-hydrogen) atoms. The number of nitrogens with zero attached hydrogens (tertiary/aromatic N) is 3. The van der Waals surface area contributed by atoms with E-state index in [9.17, 15) is 14.9 Å². The van der Waals surface area contributed by atoms with E-state index < -0.39 is 5.56 Å². The Bertz CT molecular complexity index is 1150. The maximum Gasteiger partial charge on any atom is 0.266 e. The summed E-state index contributed by atoms with van der Waals surface area (Å²) in [4.78, 5) is 34.3. The van der Waals surface area contributed by atoms with Gasteiger partial charge in [0.1, 0.15) is 11.6 Å². The molecule has 1 fully saturated rings. The number of thioether (sulfide) groups is 1. The molecule has 1 amide bonds. The molecule has 1 aliphatic rings. The smallest absolute Gasteiger partial charge is 0.266 e. The van der Waals surface area contributed by atoms with E-state index in [4.69, 9.17) is 23.2 Å². The SMILES string of the molecule is CC[C@@H]1CSC(=Nc2ccc(Cl)c(Cl)c2)N1C(=O)CCc1c(C)[nH]c(=O)c(C#N)c1C. The van der Waals surface area contributed by atoms with Gasteiger partial charge in [-0.25, -0.2) is 4.99 Å². The molecule has 0 unspecified atom stereocenters. The number of pyridine rings is 1. The van der Waals surface area contributed by atoms with Crippen molar-refractivity contribution in [1.82, 2.24) is 9.88 Å². The van der Waals surface area contributed by atoms with Gasteiger partial charge in [0.2, 0.25) is 5.91 Å². The van der Waals surface area contributed by atoms with E-state index in [2.05, 4.69) is 9.98 Å². The van der Waals surface area contributed by atoms with Crippen LogP contribution in [0.25, 0.3) is 0 Å². The van der Waals surface area contributed by atoms with Crippen molar-refractivity contribution in [3.05, 3.63) is 61.0 Å². The summed E-state index contributed by atoms with van der Waals surface area (Å²) in [7, 11) is 0. The summed E-state index contributed by atoms with van der Waals surface area (Å²) in [5.41, 5.74) is 2.47. The molecule has 2 aromatic rings. The zero-order valence-corrected chi connectivity index (χ0v) is 19.8. The van der Waals surface area contributed by atoms with Gasteiger partial charge in [-0.15, -0.1) is 0 Å². The van der Waals surface area contributed by atoms with Crippen LogP contribution in [0.3, 0.4) is 0 Å². The Labute approximate surface area is 195 Å². The molecule has 0 bridgehead atoms. The van der Waals surface area contributed by atoms with E-state index in [0.717, 1.165) is 17.7 Å². The standard InChI is InChI=1S/C22H22Cl2N4O2S/c1-4-15-11-31-22(27-14-5-7-18(23)19(24)9-14)28(15)20(29)8-6-16-12(2)17(10-25)21(30)26-13(16)3/h5,7,9,15H,4,6,8,11H2,1-3H3,(H,26,30)/t15-/m1/s1. The number of carbonyl (C=O) groups is 1.